The molecule has 1 aliphatic rings. The van der Waals surface area contributed by atoms with Crippen LogP contribution in [0.4, 0.5) is 0 Å². The zero-order chi connectivity index (χ0) is 34.2. The molecule has 0 unspecified atom stereocenters. The number of methoxy groups -OCH3 is 8. The largest absolute Gasteiger partial charge is 0.493 e. The van der Waals surface area contributed by atoms with Crippen LogP contribution in [-0.2, 0) is 4.74 Å². The molecule has 0 radical (unpaired) electrons. The Balaban J connectivity index is 0.000000214. The molecule has 0 N–H and O–H groups in total. The number of ketones is 1. The highest BCUT2D eigenvalue weighted by Gasteiger charge is 2.31. The van der Waals surface area contributed by atoms with Crippen molar-refractivity contribution in [2.75, 3.05) is 63.5 Å². The molecule has 47 heavy (non-hydrogen) atoms. The Hall–Kier alpha value is -5.58. The van der Waals surface area contributed by atoms with Crippen LogP contribution < -0.4 is 37.9 Å². The van der Waals surface area contributed by atoms with Gasteiger partial charge in [-0.05, 0) is 72.1 Å². The van der Waals surface area contributed by atoms with E-state index >= 15 is 0 Å². The summed E-state index contributed by atoms with van der Waals surface area (Å²) in [5.41, 5.74) is 4.58. The molecule has 4 aromatic rings. The maximum Gasteiger partial charge on any atom is 0.338 e. The Morgan fingerprint density at radius 2 is 0.830 bits per heavy atom. The predicted octanol–water partition coefficient (Wildman–Crippen LogP) is 6.50. The van der Waals surface area contributed by atoms with Crippen molar-refractivity contribution in [1.82, 2.24) is 0 Å². The van der Waals surface area contributed by atoms with Crippen LogP contribution in [0.25, 0.3) is 22.3 Å². The Labute approximate surface area is 273 Å². The van der Waals surface area contributed by atoms with E-state index in [0.717, 1.165) is 16.7 Å². The molecule has 248 valence electrons. The second-order valence-electron chi connectivity index (χ2n) is 9.88. The number of hydrogen-bond acceptors (Lipinski definition) is 11. The van der Waals surface area contributed by atoms with E-state index in [4.69, 9.17) is 42.6 Å². The minimum Gasteiger partial charge on any atom is -0.493 e. The number of carbonyl (C=O) groups is 2. The van der Waals surface area contributed by atoms with Crippen molar-refractivity contribution in [3.8, 4) is 68.2 Å². The number of fused-ring (bicyclic) bond motifs is 3. The van der Waals surface area contributed by atoms with Crippen molar-refractivity contribution in [2.24, 2.45) is 0 Å². The van der Waals surface area contributed by atoms with E-state index in [1.165, 1.54) is 7.11 Å². The average Bonchev–Trinajstić information content (AvgIpc) is 3.38. The Morgan fingerprint density at radius 3 is 1.23 bits per heavy atom. The van der Waals surface area contributed by atoms with Crippen molar-refractivity contribution in [1.29, 1.82) is 0 Å². The summed E-state index contributed by atoms with van der Waals surface area (Å²) in [5, 5.41) is 0. The molecule has 1 aliphatic carbocycles. The molecular weight excluding hydrogens is 608 g/mol. The molecule has 0 saturated heterocycles. The van der Waals surface area contributed by atoms with Crippen LogP contribution in [0, 0.1) is 0 Å². The standard InChI is InChI=1S/C19H22O6.C17H16O5/c1-6-25-19(20)14-11-18(24-5)17(23-4)10-13(14)12-7-8-15(21-2)16(9-12)22-3;1-19-13-5-9-10-6-14(20-2)16(22-4)8-12(10)17(18)11(9)7-15(13)21-3/h7-11H,6H2,1-5H3;5-8H,1-4H3. The van der Waals surface area contributed by atoms with Crippen molar-refractivity contribution in [3.63, 3.8) is 0 Å². The van der Waals surface area contributed by atoms with Gasteiger partial charge in [-0.2, -0.15) is 0 Å². The first-order chi connectivity index (χ1) is 22.7. The first-order valence-corrected chi connectivity index (χ1v) is 14.5. The van der Waals surface area contributed by atoms with Crippen molar-refractivity contribution < 1.29 is 52.2 Å². The summed E-state index contributed by atoms with van der Waals surface area (Å²) in [6.07, 6.45) is 0. The monoisotopic (exact) mass is 646 g/mol. The molecule has 0 bridgehead atoms. The fourth-order valence-corrected chi connectivity index (χ4v) is 5.22. The van der Waals surface area contributed by atoms with Crippen LogP contribution in [0.1, 0.15) is 33.2 Å². The molecule has 0 spiro atoms. The third kappa shape index (κ3) is 6.69. The van der Waals surface area contributed by atoms with Crippen LogP contribution in [0.2, 0.25) is 0 Å². The number of hydrogen-bond donors (Lipinski definition) is 0. The van der Waals surface area contributed by atoms with E-state index in [1.54, 1.807) is 93.1 Å². The highest BCUT2D eigenvalue weighted by molar-refractivity contribution is 6.22. The summed E-state index contributed by atoms with van der Waals surface area (Å²) >= 11 is 0. The summed E-state index contributed by atoms with van der Waals surface area (Å²) in [7, 11) is 12.4. The first-order valence-electron chi connectivity index (χ1n) is 14.5. The van der Waals surface area contributed by atoms with Gasteiger partial charge < -0.3 is 42.6 Å². The Bertz CT molecular complexity index is 1710. The van der Waals surface area contributed by atoms with Crippen LogP contribution in [0.15, 0.2) is 54.6 Å². The van der Waals surface area contributed by atoms with Crippen molar-refractivity contribution in [2.45, 2.75) is 6.92 Å². The molecule has 4 aromatic carbocycles. The number of carbonyl (C=O) groups excluding carboxylic acids is 2. The number of ether oxygens (including phenoxy) is 9. The second kappa shape index (κ2) is 15.1. The van der Waals surface area contributed by atoms with Gasteiger partial charge in [-0.15, -0.1) is 0 Å². The topological polar surface area (TPSA) is 117 Å². The quantitative estimate of drug-likeness (QED) is 0.146. The normalized spacial score (nSPS) is 10.9. The minimum absolute atomic E-state index is 0.0630. The maximum atomic E-state index is 12.6. The summed E-state index contributed by atoms with van der Waals surface area (Å²) < 4.78 is 47.6. The smallest absolute Gasteiger partial charge is 0.338 e. The lowest BCUT2D eigenvalue weighted by atomic mass is 9.98. The fourth-order valence-electron chi connectivity index (χ4n) is 5.22. The van der Waals surface area contributed by atoms with Gasteiger partial charge in [-0.1, -0.05) is 6.07 Å². The zero-order valence-corrected chi connectivity index (χ0v) is 27.9. The van der Waals surface area contributed by atoms with Crippen molar-refractivity contribution >= 4 is 11.8 Å². The van der Waals surface area contributed by atoms with Gasteiger partial charge in [0.2, 0.25) is 0 Å². The van der Waals surface area contributed by atoms with E-state index in [9.17, 15) is 9.59 Å². The zero-order valence-electron chi connectivity index (χ0n) is 27.9. The summed E-state index contributed by atoms with van der Waals surface area (Å²) in [6.45, 7) is 2.04. The third-order valence-electron chi connectivity index (χ3n) is 7.54. The van der Waals surface area contributed by atoms with Crippen molar-refractivity contribution in [3.05, 3.63) is 71.3 Å². The number of esters is 1. The average molecular weight is 647 g/mol. The van der Waals surface area contributed by atoms with Gasteiger partial charge in [0, 0.05) is 16.7 Å². The van der Waals surface area contributed by atoms with E-state index in [2.05, 4.69) is 0 Å². The molecule has 11 nitrogen and oxygen atoms in total. The molecule has 0 saturated carbocycles. The van der Waals surface area contributed by atoms with Gasteiger partial charge in [-0.3, -0.25) is 4.79 Å². The molecule has 0 heterocycles. The molecule has 0 fully saturated rings. The third-order valence-corrected chi connectivity index (χ3v) is 7.54. The summed E-state index contributed by atoms with van der Waals surface area (Å²) in [4.78, 5) is 25.0. The Morgan fingerprint density at radius 1 is 0.468 bits per heavy atom. The van der Waals surface area contributed by atoms with Crippen LogP contribution >= 0.6 is 0 Å². The number of rotatable bonds is 11. The van der Waals surface area contributed by atoms with E-state index < -0.39 is 5.97 Å². The van der Waals surface area contributed by atoms with Crippen LogP contribution in [0.3, 0.4) is 0 Å². The van der Waals surface area contributed by atoms with Gasteiger partial charge in [0.15, 0.2) is 51.8 Å². The second-order valence-corrected chi connectivity index (χ2v) is 9.88. The SMILES string of the molecule is CCOC(=O)c1cc(OC)c(OC)cc1-c1ccc(OC)c(OC)c1.COc1cc2c(cc1OC)-c1cc(OC)c(OC)cc1C2=O. The predicted molar refractivity (Wildman–Crippen MR) is 176 cm³/mol. The first kappa shape index (κ1) is 34.3. The molecule has 0 atom stereocenters. The molecule has 11 heteroatoms. The highest BCUT2D eigenvalue weighted by atomic mass is 16.5. The number of benzene rings is 4. The molecule has 0 amide bonds. The molecule has 0 aromatic heterocycles. The van der Waals surface area contributed by atoms with Crippen LogP contribution in [-0.4, -0.2) is 75.2 Å². The van der Waals surface area contributed by atoms with Gasteiger partial charge in [0.25, 0.3) is 0 Å². The minimum atomic E-state index is -0.437. The molecule has 0 aliphatic heterocycles. The highest BCUT2D eigenvalue weighted by Crippen LogP contribution is 2.46. The van der Waals surface area contributed by atoms with E-state index in [-0.39, 0.29) is 12.4 Å². The molecular formula is C36H38O11. The van der Waals surface area contributed by atoms with E-state index in [1.807, 2.05) is 18.2 Å². The summed E-state index contributed by atoms with van der Waals surface area (Å²) in [5.74, 6) is 3.85. The summed E-state index contributed by atoms with van der Waals surface area (Å²) in [6, 6.07) is 15.8. The van der Waals surface area contributed by atoms with E-state index in [0.29, 0.717) is 68.2 Å². The Kier molecular flexibility index (Phi) is 11.0. The van der Waals surface area contributed by atoms with Crippen LogP contribution in [0.5, 0.6) is 46.0 Å². The van der Waals surface area contributed by atoms with Gasteiger partial charge in [0.05, 0.1) is 69.0 Å². The van der Waals surface area contributed by atoms with Gasteiger partial charge in [0.1, 0.15) is 0 Å². The molecule has 5 rings (SSSR count). The lowest BCUT2D eigenvalue weighted by molar-refractivity contribution is 0.0526. The van der Waals surface area contributed by atoms with Gasteiger partial charge >= 0.3 is 5.97 Å². The maximum absolute atomic E-state index is 12.6. The lowest BCUT2D eigenvalue weighted by Gasteiger charge is -2.16. The lowest BCUT2D eigenvalue weighted by Crippen LogP contribution is -2.07. The van der Waals surface area contributed by atoms with Gasteiger partial charge in [-0.25, -0.2) is 4.79 Å². The fraction of sp³-hybridized carbons (Fsp3) is 0.278.